The number of piperidine rings is 1. The van der Waals surface area contributed by atoms with Crippen molar-refractivity contribution in [2.45, 2.75) is 39.7 Å². The van der Waals surface area contributed by atoms with Gasteiger partial charge in [-0.25, -0.2) is 5.43 Å². The summed E-state index contributed by atoms with van der Waals surface area (Å²) in [5.74, 6) is -0.611. The summed E-state index contributed by atoms with van der Waals surface area (Å²) in [6.07, 6.45) is 11.0. The molecule has 27 heavy (non-hydrogen) atoms. The molecule has 1 aromatic rings. The summed E-state index contributed by atoms with van der Waals surface area (Å²) in [5, 5.41) is 7.10. The quantitative estimate of drug-likeness (QED) is 0.764. The number of aromatic nitrogens is 1. The summed E-state index contributed by atoms with van der Waals surface area (Å²) in [5.41, 5.74) is 8.86. The van der Waals surface area contributed by atoms with Crippen molar-refractivity contribution < 1.29 is 4.79 Å². The van der Waals surface area contributed by atoms with Gasteiger partial charge in [0.25, 0.3) is 5.91 Å². The Hall–Kier alpha value is -2.67. The summed E-state index contributed by atoms with van der Waals surface area (Å²) >= 11 is 0. The van der Waals surface area contributed by atoms with Crippen molar-refractivity contribution in [2.75, 3.05) is 13.1 Å². The first kappa shape index (κ1) is 17.7. The molecular formula is C20H26N6O. The monoisotopic (exact) mass is 366 g/mol. The number of amides is 1. The second-order valence-electron chi connectivity index (χ2n) is 7.37. The Labute approximate surface area is 159 Å². The number of rotatable bonds is 4. The molecule has 0 aliphatic carbocycles. The molecule has 0 aromatic carbocycles. The lowest BCUT2D eigenvalue weighted by Gasteiger charge is -2.26. The molecule has 1 atom stereocenters. The van der Waals surface area contributed by atoms with Gasteiger partial charge in [-0.05, 0) is 57.0 Å². The molecule has 1 unspecified atom stereocenters. The maximum atomic E-state index is 12.0. The molecule has 3 aliphatic heterocycles. The predicted octanol–water partition coefficient (Wildman–Crippen LogP) is 2.21. The molecule has 4 heterocycles. The molecular weight excluding hydrogens is 340 g/mol. The number of hydrazone groups is 1. The molecule has 0 bridgehead atoms. The van der Waals surface area contributed by atoms with Gasteiger partial charge in [0.1, 0.15) is 5.92 Å². The standard InChI is InChI=1S/C20H26N6O/c1-13-16(12-26-8-4-3-5-9-26)14(2)24-17(13)10-18-19(22-7-6-21-18)15-11-23-25-20(15)27/h6-7,10-11,15,21,24H,3-5,8-9,12H2,1-2H3,(H,25,27). The van der Waals surface area contributed by atoms with Crippen LogP contribution >= 0.6 is 0 Å². The van der Waals surface area contributed by atoms with Gasteiger partial charge < -0.3 is 10.3 Å². The fourth-order valence-electron chi connectivity index (χ4n) is 3.94. The lowest BCUT2D eigenvalue weighted by molar-refractivity contribution is -0.120. The van der Waals surface area contributed by atoms with Crippen molar-refractivity contribution in [1.82, 2.24) is 20.6 Å². The fourth-order valence-corrected chi connectivity index (χ4v) is 3.94. The van der Waals surface area contributed by atoms with E-state index >= 15 is 0 Å². The van der Waals surface area contributed by atoms with Gasteiger partial charge in [0.2, 0.25) is 0 Å². The predicted molar refractivity (Wildman–Crippen MR) is 107 cm³/mol. The molecule has 4 rings (SSSR count). The lowest BCUT2D eigenvalue weighted by Crippen LogP contribution is -2.32. The van der Waals surface area contributed by atoms with E-state index in [-0.39, 0.29) is 5.91 Å². The van der Waals surface area contributed by atoms with Crippen molar-refractivity contribution >= 4 is 23.9 Å². The lowest BCUT2D eigenvalue weighted by atomic mass is 9.99. The first-order chi connectivity index (χ1) is 13.1. The normalized spacial score (nSPS) is 24.2. The van der Waals surface area contributed by atoms with Gasteiger partial charge in [-0.3, -0.25) is 14.7 Å². The number of hydrogen-bond donors (Lipinski definition) is 3. The van der Waals surface area contributed by atoms with E-state index < -0.39 is 5.92 Å². The highest BCUT2D eigenvalue weighted by Crippen LogP contribution is 2.24. The minimum Gasteiger partial charge on any atom is -0.359 e. The molecule has 1 aromatic heterocycles. The Balaban J connectivity index is 1.60. The molecule has 1 saturated heterocycles. The number of allylic oxidation sites excluding steroid dienone is 1. The number of hydrogen-bond acceptors (Lipinski definition) is 5. The zero-order valence-corrected chi connectivity index (χ0v) is 15.9. The van der Waals surface area contributed by atoms with Gasteiger partial charge in [-0.1, -0.05) is 6.42 Å². The first-order valence-electron chi connectivity index (χ1n) is 9.58. The average molecular weight is 366 g/mol. The van der Waals surface area contributed by atoms with E-state index in [1.807, 2.05) is 6.08 Å². The van der Waals surface area contributed by atoms with Gasteiger partial charge in [0, 0.05) is 36.5 Å². The van der Waals surface area contributed by atoms with Crippen LogP contribution < -0.4 is 10.7 Å². The van der Waals surface area contributed by atoms with E-state index in [9.17, 15) is 4.79 Å². The smallest absolute Gasteiger partial charge is 0.254 e. The van der Waals surface area contributed by atoms with E-state index in [1.165, 1.54) is 49.2 Å². The summed E-state index contributed by atoms with van der Waals surface area (Å²) in [6, 6.07) is 0. The van der Waals surface area contributed by atoms with Gasteiger partial charge in [-0.2, -0.15) is 5.10 Å². The maximum Gasteiger partial charge on any atom is 0.254 e. The van der Waals surface area contributed by atoms with E-state index in [2.05, 4.69) is 44.6 Å². The zero-order valence-electron chi connectivity index (χ0n) is 15.9. The third-order valence-corrected chi connectivity index (χ3v) is 5.53. The Bertz CT molecular complexity index is 854. The number of likely N-dealkylation sites (tertiary alicyclic amines) is 1. The van der Waals surface area contributed by atoms with Crippen LogP contribution in [0.2, 0.25) is 0 Å². The van der Waals surface area contributed by atoms with E-state index in [1.54, 1.807) is 18.6 Å². The number of H-pyrrole nitrogens is 1. The number of carbonyl (C=O) groups excluding carboxylic acids is 1. The highest BCUT2D eigenvalue weighted by atomic mass is 16.2. The average Bonchev–Trinajstić information content (AvgIpc) is 3.22. The topological polar surface area (TPSA) is 84.9 Å². The van der Waals surface area contributed by atoms with Crippen LogP contribution in [-0.4, -0.2) is 40.8 Å². The van der Waals surface area contributed by atoms with Crippen molar-refractivity contribution in [2.24, 2.45) is 16.0 Å². The number of aryl methyl sites for hydroxylation is 1. The molecule has 7 heteroatoms. The summed E-state index contributed by atoms with van der Waals surface area (Å²) < 4.78 is 0. The second kappa shape index (κ2) is 7.52. The summed E-state index contributed by atoms with van der Waals surface area (Å²) in [6.45, 7) is 7.64. The molecule has 3 N–H and O–H groups in total. The number of carbonyl (C=O) groups is 1. The van der Waals surface area contributed by atoms with Crippen LogP contribution in [-0.2, 0) is 11.3 Å². The highest BCUT2D eigenvalue weighted by molar-refractivity contribution is 6.24. The van der Waals surface area contributed by atoms with Crippen LogP contribution in [0.15, 0.2) is 28.2 Å². The van der Waals surface area contributed by atoms with E-state index in [0.29, 0.717) is 5.71 Å². The van der Waals surface area contributed by atoms with Crippen LogP contribution in [0.5, 0.6) is 0 Å². The van der Waals surface area contributed by atoms with Crippen LogP contribution in [0.4, 0.5) is 0 Å². The van der Waals surface area contributed by atoms with E-state index in [4.69, 9.17) is 0 Å². The molecule has 142 valence electrons. The van der Waals surface area contributed by atoms with Gasteiger partial charge >= 0.3 is 0 Å². The second-order valence-corrected chi connectivity index (χ2v) is 7.37. The third kappa shape index (κ3) is 3.60. The Morgan fingerprint density at radius 1 is 1.26 bits per heavy atom. The molecule has 1 amide bonds. The molecule has 0 spiro atoms. The molecule has 0 radical (unpaired) electrons. The number of nitrogens with one attached hydrogen (secondary N) is 3. The largest absolute Gasteiger partial charge is 0.359 e. The Kier molecular flexibility index (Phi) is 4.94. The summed E-state index contributed by atoms with van der Waals surface area (Å²) in [7, 11) is 0. The van der Waals surface area contributed by atoms with Crippen molar-refractivity contribution in [3.8, 4) is 0 Å². The molecule has 1 fully saturated rings. The third-order valence-electron chi connectivity index (χ3n) is 5.53. The van der Waals surface area contributed by atoms with Crippen LogP contribution in [0, 0.1) is 19.8 Å². The minimum absolute atomic E-state index is 0.151. The van der Waals surface area contributed by atoms with Crippen LogP contribution in [0.3, 0.4) is 0 Å². The van der Waals surface area contributed by atoms with Crippen LogP contribution in [0.1, 0.15) is 41.8 Å². The summed E-state index contributed by atoms with van der Waals surface area (Å²) in [4.78, 5) is 22.5. The van der Waals surface area contributed by atoms with Crippen molar-refractivity contribution in [1.29, 1.82) is 0 Å². The Morgan fingerprint density at radius 3 is 2.81 bits per heavy atom. The molecule has 3 aliphatic rings. The van der Waals surface area contributed by atoms with Crippen molar-refractivity contribution in [3.05, 3.63) is 40.6 Å². The minimum atomic E-state index is -0.460. The highest BCUT2D eigenvalue weighted by Gasteiger charge is 2.29. The van der Waals surface area contributed by atoms with Gasteiger partial charge in [0.15, 0.2) is 0 Å². The Morgan fingerprint density at radius 2 is 2.07 bits per heavy atom. The maximum absolute atomic E-state index is 12.0. The number of aliphatic imine (C=N–C) groups is 1. The van der Waals surface area contributed by atoms with Gasteiger partial charge in [0.05, 0.1) is 11.4 Å². The fraction of sp³-hybridized carbons (Fsp3) is 0.450. The van der Waals surface area contributed by atoms with E-state index in [0.717, 1.165) is 17.9 Å². The molecule has 7 nitrogen and oxygen atoms in total. The van der Waals surface area contributed by atoms with Crippen molar-refractivity contribution in [3.63, 3.8) is 0 Å². The molecule has 0 saturated carbocycles. The SMILES string of the molecule is Cc1[nH]c(C=C2NC=CN=C2C2C=NNC2=O)c(C)c1CN1CCCCC1. The number of aromatic amines is 1. The number of nitrogens with zero attached hydrogens (tertiary/aromatic N) is 3. The first-order valence-corrected chi connectivity index (χ1v) is 9.58. The van der Waals surface area contributed by atoms with Gasteiger partial charge in [-0.15, -0.1) is 0 Å². The van der Waals surface area contributed by atoms with Crippen LogP contribution in [0.25, 0.3) is 6.08 Å². The zero-order chi connectivity index (χ0) is 18.8.